The molecule has 1 aliphatic heterocycles. The van der Waals surface area contributed by atoms with Crippen LogP contribution in [0.4, 0.5) is 0 Å². The number of thiophene rings is 1. The van der Waals surface area contributed by atoms with Crippen LogP contribution < -0.4 is 0 Å². The molecule has 2 heterocycles. The molecule has 0 radical (unpaired) electrons. The normalized spacial score (nSPS) is 17.7. The highest BCUT2D eigenvalue weighted by atomic mass is 32.1. The zero-order valence-electron chi connectivity index (χ0n) is 12.3. The smallest absolute Gasteiger partial charge is 0.320 e. The van der Waals surface area contributed by atoms with Crippen molar-refractivity contribution in [3.63, 3.8) is 0 Å². The molecule has 1 atom stereocenters. The monoisotopic (exact) mass is 310 g/mol. The van der Waals surface area contributed by atoms with Crippen LogP contribution in [0.15, 0.2) is 17.5 Å². The maximum Gasteiger partial charge on any atom is 0.320 e. The zero-order chi connectivity index (χ0) is 15.2. The number of carbonyl (C=O) groups excluding carboxylic acids is 1. The van der Waals surface area contributed by atoms with Crippen molar-refractivity contribution >= 4 is 23.2 Å². The van der Waals surface area contributed by atoms with E-state index in [1.54, 1.807) is 18.3 Å². The van der Waals surface area contributed by atoms with Crippen molar-refractivity contribution in [3.8, 4) is 0 Å². The maximum atomic E-state index is 12.1. The third-order valence-electron chi connectivity index (χ3n) is 3.97. The van der Waals surface area contributed by atoms with Crippen molar-refractivity contribution in [2.45, 2.75) is 32.2 Å². The first-order valence-electron chi connectivity index (χ1n) is 7.35. The fourth-order valence-corrected chi connectivity index (χ4v) is 3.29. The molecule has 0 aromatic carbocycles. The predicted octanol–water partition coefficient (Wildman–Crippen LogP) is 1.69. The predicted molar refractivity (Wildman–Crippen MR) is 82.5 cm³/mol. The van der Waals surface area contributed by atoms with E-state index in [1.807, 2.05) is 15.9 Å². The van der Waals surface area contributed by atoms with Crippen molar-refractivity contribution in [2.75, 3.05) is 26.2 Å². The van der Waals surface area contributed by atoms with Crippen molar-refractivity contribution in [1.29, 1.82) is 0 Å². The summed E-state index contributed by atoms with van der Waals surface area (Å²) in [6.45, 7) is 4.25. The van der Waals surface area contributed by atoms with Crippen LogP contribution in [-0.4, -0.2) is 59.0 Å². The van der Waals surface area contributed by atoms with Gasteiger partial charge >= 0.3 is 5.97 Å². The van der Waals surface area contributed by atoms with Gasteiger partial charge in [-0.25, -0.2) is 0 Å². The summed E-state index contributed by atoms with van der Waals surface area (Å²) in [5, 5.41) is 11.1. The van der Waals surface area contributed by atoms with Crippen LogP contribution in [0.3, 0.4) is 0 Å². The van der Waals surface area contributed by atoms with E-state index in [9.17, 15) is 9.59 Å². The van der Waals surface area contributed by atoms with Crippen LogP contribution in [-0.2, 0) is 16.0 Å². The lowest BCUT2D eigenvalue weighted by molar-refractivity contribution is -0.144. The first kappa shape index (κ1) is 16.0. The summed E-state index contributed by atoms with van der Waals surface area (Å²) in [6, 6.07) is 3.66. The molecule has 0 bridgehead atoms. The lowest BCUT2D eigenvalue weighted by Crippen LogP contribution is -2.53. The molecule has 1 N–H and O–H groups in total. The van der Waals surface area contributed by atoms with Gasteiger partial charge in [0.15, 0.2) is 0 Å². The van der Waals surface area contributed by atoms with Crippen molar-refractivity contribution < 1.29 is 14.7 Å². The van der Waals surface area contributed by atoms with E-state index in [1.165, 1.54) is 4.88 Å². The standard InChI is InChI=1S/C15H22N2O3S/c1-12(15(19)20)16-7-9-17(10-8-16)14(18)6-2-4-13-5-3-11-21-13/h3,5,11-12H,2,4,6-10H2,1H3,(H,19,20). The lowest BCUT2D eigenvalue weighted by atomic mass is 10.1. The molecule has 5 nitrogen and oxygen atoms in total. The Kier molecular flexibility index (Phi) is 5.76. The molecule has 21 heavy (non-hydrogen) atoms. The van der Waals surface area contributed by atoms with Crippen LogP contribution in [0.25, 0.3) is 0 Å². The summed E-state index contributed by atoms with van der Waals surface area (Å²) < 4.78 is 0. The number of carboxylic acids is 1. The van der Waals surface area contributed by atoms with E-state index in [-0.39, 0.29) is 5.91 Å². The molecule has 1 aromatic rings. The molecule has 1 aliphatic rings. The highest BCUT2D eigenvalue weighted by Gasteiger charge is 2.26. The molecule has 2 rings (SSSR count). The Morgan fingerprint density at radius 1 is 1.33 bits per heavy atom. The average molecular weight is 310 g/mol. The minimum atomic E-state index is -0.800. The van der Waals surface area contributed by atoms with Gasteiger partial charge in [-0.3, -0.25) is 14.5 Å². The molecular formula is C15H22N2O3S. The molecular weight excluding hydrogens is 288 g/mol. The fourth-order valence-electron chi connectivity index (χ4n) is 2.54. The minimum absolute atomic E-state index is 0.189. The van der Waals surface area contributed by atoms with Crippen LogP contribution in [0.2, 0.25) is 0 Å². The molecule has 116 valence electrons. The quantitative estimate of drug-likeness (QED) is 0.868. The summed E-state index contributed by atoms with van der Waals surface area (Å²) >= 11 is 1.73. The summed E-state index contributed by atoms with van der Waals surface area (Å²) in [4.78, 5) is 28.2. The van der Waals surface area contributed by atoms with E-state index in [0.29, 0.717) is 32.6 Å². The molecule has 1 unspecified atom stereocenters. The van der Waals surface area contributed by atoms with Gasteiger partial charge in [-0.05, 0) is 31.2 Å². The Balaban J connectivity index is 1.69. The highest BCUT2D eigenvalue weighted by molar-refractivity contribution is 7.09. The largest absolute Gasteiger partial charge is 0.480 e. The molecule has 0 saturated carbocycles. The Labute approximate surface area is 129 Å². The number of rotatable bonds is 6. The summed E-state index contributed by atoms with van der Waals surface area (Å²) in [5.41, 5.74) is 0. The van der Waals surface area contributed by atoms with Gasteiger partial charge in [0.1, 0.15) is 6.04 Å². The minimum Gasteiger partial charge on any atom is -0.480 e. The second-order valence-electron chi connectivity index (χ2n) is 5.36. The number of aryl methyl sites for hydroxylation is 1. The van der Waals surface area contributed by atoms with Crippen molar-refractivity contribution in [2.24, 2.45) is 0 Å². The lowest BCUT2D eigenvalue weighted by Gasteiger charge is -2.36. The molecule has 6 heteroatoms. The van der Waals surface area contributed by atoms with Crippen LogP contribution in [0.1, 0.15) is 24.6 Å². The molecule has 1 fully saturated rings. The molecule has 1 saturated heterocycles. The Morgan fingerprint density at radius 2 is 2.05 bits per heavy atom. The van der Waals surface area contributed by atoms with Gasteiger partial charge < -0.3 is 10.0 Å². The number of carboxylic acid groups (broad SMARTS) is 1. The van der Waals surface area contributed by atoms with Gasteiger partial charge in [0.05, 0.1) is 0 Å². The summed E-state index contributed by atoms with van der Waals surface area (Å²) in [7, 11) is 0. The highest BCUT2D eigenvalue weighted by Crippen LogP contribution is 2.13. The van der Waals surface area contributed by atoms with Gasteiger partial charge in [-0.2, -0.15) is 0 Å². The SMILES string of the molecule is CC(C(=O)O)N1CCN(C(=O)CCCc2cccs2)CC1. The van der Waals surface area contributed by atoms with Crippen molar-refractivity contribution in [3.05, 3.63) is 22.4 Å². The first-order valence-corrected chi connectivity index (χ1v) is 8.23. The fraction of sp³-hybridized carbons (Fsp3) is 0.600. The average Bonchev–Trinajstić information content (AvgIpc) is 2.99. The van der Waals surface area contributed by atoms with Crippen LogP contribution in [0.5, 0.6) is 0 Å². The van der Waals surface area contributed by atoms with Crippen LogP contribution >= 0.6 is 11.3 Å². The van der Waals surface area contributed by atoms with Crippen molar-refractivity contribution in [1.82, 2.24) is 9.80 Å². The number of hydrogen-bond acceptors (Lipinski definition) is 4. The second-order valence-corrected chi connectivity index (χ2v) is 6.40. The number of nitrogens with zero attached hydrogens (tertiary/aromatic N) is 2. The van der Waals surface area contributed by atoms with E-state index in [2.05, 4.69) is 11.4 Å². The zero-order valence-corrected chi connectivity index (χ0v) is 13.1. The number of carbonyl (C=O) groups is 2. The Hall–Kier alpha value is -1.40. The topological polar surface area (TPSA) is 60.9 Å². The molecule has 0 aliphatic carbocycles. The van der Waals surface area contributed by atoms with Gasteiger partial charge in [0, 0.05) is 37.5 Å². The molecule has 1 amide bonds. The number of piperazine rings is 1. The van der Waals surface area contributed by atoms with E-state index in [4.69, 9.17) is 5.11 Å². The summed E-state index contributed by atoms with van der Waals surface area (Å²) in [6.07, 6.45) is 2.41. The Morgan fingerprint density at radius 3 is 2.62 bits per heavy atom. The second kappa shape index (κ2) is 7.56. The van der Waals surface area contributed by atoms with E-state index < -0.39 is 12.0 Å². The Bertz CT molecular complexity index is 467. The first-order chi connectivity index (χ1) is 10.1. The number of amides is 1. The van der Waals surface area contributed by atoms with Gasteiger partial charge in [-0.1, -0.05) is 6.07 Å². The van der Waals surface area contributed by atoms with Gasteiger partial charge in [0.25, 0.3) is 0 Å². The third-order valence-corrected chi connectivity index (χ3v) is 4.90. The van der Waals surface area contributed by atoms with Gasteiger partial charge in [-0.15, -0.1) is 11.3 Å². The molecule has 1 aromatic heterocycles. The summed E-state index contributed by atoms with van der Waals surface area (Å²) in [5.74, 6) is -0.611. The number of hydrogen-bond donors (Lipinski definition) is 1. The van der Waals surface area contributed by atoms with E-state index >= 15 is 0 Å². The number of aliphatic carboxylic acids is 1. The van der Waals surface area contributed by atoms with Gasteiger partial charge in [0.2, 0.25) is 5.91 Å². The van der Waals surface area contributed by atoms with E-state index in [0.717, 1.165) is 12.8 Å². The third kappa shape index (κ3) is 4.54. The maximum absolute atomic E-state index is 12.1. The van der Waals surface area contributed by atoms with Crippen LogP contribution in [0, 0.1) is 0 Å². The molecule has 0 spiro atoms.